The minimum Gasteiger partial charge on any atom is -0.487 e. The van der Waals surface area contributed by atoms with Crippen LogP contribution in [0.15, 0.2) is 79.0 Å². The zero-order valence-electron chi connectivity index (χ0n) is 19.4. The largest absolute Gasteiger partial charge is 0.487 e. The van der Waals surface area contributed by atoms with E-state index in [1.807, 2.05) is 50.2 Å². The molecule has 4 rings (SSSR count). The lowest BCUT2D eigenvalue weighted by atomic mass is 10.1. The number of hydrogen-bond donors (Lipinski definition) is 2. The molecule has 8 heteroatoms. The van der Waals surface area contributed by atoms with Gasteiger partial charge in [0.15, 0.2) is 5.69 Å². The molecule has 3 aromatic carbocycles. The van der Waals surface area contributed by atoms with E-state index in [2.05, 4.69) is 15.7 Å². The highest BCUT2D eigenvalue weighted by atomic mass is 35.5. The van der Waals surface area contributed by atoms with Crippen LogP contribution in [0.25, 0.3) is 0 Å². The first-order valence-electron chi connectivity index (χ1n) is 11.2. The second kappa shape index (κ2) is 10.9. The third kappa shape index (κ3) is 6.07. The number of para-hydroxylation sites is 1. The Morgan fingerprint density at radius 2 is 1.77 bits per heavy atom. The molecular formula is C27H25ClN4O3. The van der Waals surface area contributed by atoms with E-state index in [1.54, 1.807) is 47.3 Å². The second-order valence-corrected chi connectivity index (χ2v) is 8.35. The summed E-state index contributed by atoms with van der Waals surface area (Å²) >= 11 is 6.21. The van der Waals surface area contributed by atoms with Crippen molar-refractivity contribution in [1.29, 1.82) is 0 Å². The van der Waals surface area contributed by atoms with Crippen molar-refractivity contribution in [2.24, 2.45) is 0 Å². The van der Waals surface area contributed by atoms with E-state index in [0.717, 1.165) is 11.1 Å². The maximum atomic E-state index is 13.0. The zero-order chi connectivity index (χ0) is 24.8. The summed E-state index contributed by atoms with van der Waals surface area (Å²) in [5, 5.41) is 10.5. The molecule has 1 aromatic heterocycles. The van der Waals surface area contributed by atoms with Gasteiger partial charge in [0.2, 0.25) is 0 Å². The van der Waals surface area contributed by atoms with Crippen LogP contribution in [-0.2, 0) is 13.2 Å². The standard InChI is InChI=1S/C27H25ClN4O3/c1-3-32-16-23(25(31-32)27(34)29-21-10-5-4-6-11-21)30-26(33)20-9-7-8-19(15-20)17-35-24-14-18(2)12-13-22(24)28/h4-16H,3,17H2,1-2H3,(H,29,34)(H,30,33). The number of hydrogen-bond acceptors (Lipinski definition) is 4. The number of nitrogens with zero attached hydrogens (tertiary/aromatic N) is 2. The minimum absolute atomic E-state index is 0.137. The number of aryl methyl sites for hydroxylation is 2. The summed E-state index contributed by atoms with van der Waals surface area (Å²) in [7, 11) is 0. The van der Waals surface area contributed by atoms with Crippen LogP contribution in [0.4, 0.5) is 11.4 Å². The fourth-order valence-corrected chi connectivity index (χ4v) is 3.61. The fraction of sp³-hybridized carbons (Fsp3) is 0.148. The van der Waals surface area contributed by atoms with Gasteiger partial charge in [0.1, 0.15) is 12.4 Å². The van der Waals surface area contributed by atoms with Crippen molar-refractivity contribution in [3.63, 3.8) is 0 Å². The SMILES string of the molecule is CCn1cc(NC(=O)c2cccc(COc3cc(C)ccc3Cl)c2)c(C(=O)Nc2ccccc2)n1. The molecular weight excluding hydrogens is 464 g/mol. The van der Waals surface area contributed by atoms with Crippen molar-refractivity contribution < 1.29 is 14.3 Å². The van der Waals surface area contributed by atoms with E-state index in [0.29, 0.717) is 34.3 Å². The van der Waals surface area contributed by atoms with Gasteiger partial charge < -0.3 is 15.4 Å². The minimum atomic E-state index is -0.407. The van der Waals surface area contributed by atoms with Crippen molar-refractivity contribution in [2.75, 3.05) is 10.6 Å². The van der Waals surface area contributed by atoms with Crippen LogP contribution in [0.2, 0.25) is 5.02 Å². The molecule has 35 heavy (non-hydrogen) atoms. The number of carbonyl (C=O) groups is 2. The lowest BCUT2D eigenvalue weighted by Gasteiger charge is -2.10. The smallest absolute Gasteiger partial charge is 0.278 e. The van der Waals surface area contributed by atoms with E-state index in [9.17, 15) is 9.59 Å². The Morgan fingerprint density at radius 3 is 2.54 bits per heavy atom. The average Bonchev–Trinajstić information content (AvgIpc) is 3.28. The second-order valence-electron chi connectivity index (χ2n) is 7.94. The number of aromatic nitrogens is 2. The summed E-state index contributed by atoms with van der Waals surface area (Å²) < 4.78 is 7.45. The van der Waals surface area contributed by atoms with Crippen molar-refractivity contribution in [1.82, 2.24) is 9.78 Å². The molecule has 0 aliphatic carbocycles. The summed E-state index contributed by atoms with van der Waals surface area (Å²) in [5.74, 6) is -0.177. The molecule has 0 aliphatic heterocycles. The maximum Gasteiger partial charge on any atom is 0.278 e. The van der Waals surface area contributed by atoms with E-state index in [1.165, 1.54) is 0 Å². The van der Waals surface area contributed by atoms with Crippen LogP contribution >= 0.6 is 11.6 Å². The first kappa shape index (κ1) is 24.0. The van der Waals surface area contributed by atoms with Crippen LogP contribution in [-0.4, -0.2) is 21.6 Å². The number of anilines is 2. The first-order chi connectivity index (χ1) is 16.9. The molecule has 0 aliphatic rings. The van der Waals surface area contributed by atoms with Gasteiger partial charge in [0.05, 0.1) is 10.7 Å². The number of rotatable bonds is 8. The molecule has 4 aromatic rings. The molecule has 0 bridgehead atoms. The van der Waals surface area contributed by atoms with Gasteiger partial charge in [-0.2, -0.15) is 5.10 Å². The highest BCUT2D eigenvalue weighted by Gasteiger charge is 2.19. The summed E-state index contributed by atoms with van der Waals surface area (Å²) in [6.45, 7) is 4.67. The molecule has 0 spiro atoms. The summed E-state index contributed by atoms with van der Waals surface area (Å²) in [6.07, 6.45) is 1.64. The summed E-state index contributed by atoms with van der Waals surface area (Å²) in [6, 6.07) is 21.7. The lowest BCUT2D eigenvalue weighted by molar-refractivity contribution is 0.102. The molecule has 178 valence electrons. The Morgan fingerprint density at radius 1 is 0.971 bits per heavy atom. The van der Waals surface area contributed by atoms with Crippen LogP contribution < -0.4 is 15.4 Å². The van der Waals surface area contributed by atoms with Crippen molar-refractivity contribution >= 4 is 34.8 Å². The van der Waals surface area contributed by atoms with Crippen LogP contribution in [0.5, 0.6) is 5.75 Å². The third-order valence-electron chi connectivity index (χ3n) is 5.25. The fourth-order valence-electron chi connectivity index (χ4n) is 3.43. The highest BCUT2D eigenvalue weighted by molar-refractivity contribution is 6.32. The zero-order valence-corrected chi connectivity index (χ0v) is 20.2. The molecule has 0 atom stereocenters. The van der Waals surface area contributed by atoms with Gasteiger partial charge in [-0.25, -0.2) is 0 Å². The molecule has 2 N–H and O–H groups in total. The monoisotopic (exact) mass is 488 g/mol. The molecule has 0 fully saturated rings. The molecule has 0 unspecified atom stereocenters. The van der Waals surface area contributed by atoms with Crippen LogP contribution in [0.1, 0.15) is 38.9 Å². The van der Waals surface area contributed by atoms with Crippen molar-refractivity contribution in [3.8, 4) is 5.75 Å². The van der Waals surface area contributed by atoms with E-state index in [-0.39, 0.29) is 18.2 Å². The summed E-state index contributed by atoms with van der Waals surface area (Å²) in [5.41, 5.74) is 3.39. The molecule has 1 heterocycles. The molecule has 0 radical (unpaired) electrons. The number of amides is 2. The average molecular weight is 489 g/mol. The molecule has 0 saturated carbocycles. The van der Waals surface area contributed by atoms with Gasteiger partial charge in [-0.05, 0) is 61.4 Å². The number of benzene rings is 3. The molecule has 2 amide bonds. The first-order valence-corrected chi connectivity index (χ1v) is 11.5. The topological polar surface area (TPSA) is 85.2 Å². The van der Waals surface area contributed by atoms with E-state index in [4.69, 9.17) is 16.3 Å². The van der Waals surface area contributed by atoms with E-state index < -0.39 is 5.91 Å². The van der Waals surface area contributed by atoms with Crippen molar-refractivity contribution in [2.45, 2.75) is 27.0 Å². The van der Waals surface area contributed by atoms with Crippen LogP contribution in [0, 0.1) is 6.92 Å². The Balaban J connectivity index is 1.48. The Hall–Kier alpha value is -4.10. The lowest BCUT2D eigenvalue weighted by Crippen LogP contribution is -2.18. The predicted octanol–water partition coefficient (Wildman–Crippen LogP) is 5.95. The van der Waals surface area contributed by atoms with Gasteiger partial charge in [-0.15, -0.1) is 0 Å². The number of nitrogens with one attached hydrogen (secondary N) is 2. The molecule has 7 nitrogen and oxygen atoms in total. The third-order valence-corrected chi connectivity index (χ3v) is 5.56. The predicted molar refractivity (Wildman–Crippen MR) is 137 cm³/mol. The van der Waals surface area contributed by atoms with Crippen LogP contribution in [0.3, 0.4) is 0 Å². The van der Waals surface area contributed by atoms with Gasteiger partial charge in [0, 0.05) is 24.0 Å². The van der Waals surface area contributed by atoms with E-state index >= 15 is 0 Å². The molecule has 0 saturated heterocycles. The Kier molecular flexibility index (Phi) is 7.48. The Labute approximate surface area is 208 Å². The highest BCUT2D eigenvalue weighted by Crippen LogP contribution is 2.26. The normalized spacial score (nSPS) is 10.6. The van der Waals surface area contributed by atoms with Crippen molar-refractivity contribution in [3.05, 3.63) is 106 Å². The number of carbonyl (C=O) groups excluding carboxylic acids is 2. The summed E-state index contributed by atoms with van der Waals surface area (Å²) in [4.78, 5) is 25.9. The van der Waals surface area contributed by atoms with Gasteiger partial charge >= 0.3 is 0 Å². The van der Waals surface area contributed by atoms with Gasteiger partial charge in [0.25, 0.3) is 11.8 Å². The quantitative estimate of drug-likeness (QED) is 0.321. The number of halogens is 1. The van der Waals surface area contributed by atoms with Gasteiger partial charge in [-0.1, -0.05) is 48.0 Å². The Bertz CT molecular complexity index is 1350. The maximum absolute atomic E-state index is 13.0. The number of ether oxygens (including phenoxy) is 1. The van der Waals surface area contributed by atoms with Gasteiger partial charge in [-0.3, -0.25) is 14.3 Å².